The number of rotatable bonds is 3. The molecule has 6 rings (SSSR count). The van der Waals surface area contributed by atoms with E-state index in [1.165, 1.54) is 12.8 Å². The average molecular weight is 386 g/mol. The fraction of sp³-hybridized carbons (Fsp3) is 0.364. The molecule has 0 spiro atoms. The number of nitrogens with zero attached hydrogens (tertiary/aromatic N) is 6. The number of benzene rings is 2. The van der Waals surface area contributed by atoms with Crippen LogP contribution in [-0.4, -0.2) is 48.6 Å². The van der Waals surface area contributed by atoms with Gasteiger partial charge in [-0.05, 0) is 56.0 Å². The Balaban J connectivity index is 1.34. The highest BCUT2D eigenvalue weighted by Gasteiger charge is 2.32. The molecule has 146 valence electrons. The van der Waals surface area contributed by atoms with E-state index >= 15 is 0 Å². The van der Waals surface area contributed by atoms with Gasteiger partial charge in [0.05, 0.1) is 28.4 Å². The number of hydrogen-bond acceptors (Lipinski definition) is 5. The van der Waals surface area contributed by atoms with E-state index in [1.54, 1.807) is 11.0 Å². The van der Waals surface area contributed by atoms with Crippen LogP contribution in [0.2, 0.25) is 0 Å². The van der Waals surface area contributed by atoms with Crippen molar-refractivity contribution in [3.63, 3.8) is 0 Å². The van der Waals surface area contributed by atoms with Crippen LogP contribution < -0.4 is 5.56 Å². The van der Waals surface area contributed by atoms with Gasteiger partial charge in [0.15, 0.2) is 0 Å². The lowest BCUT2D eigenvalue weighted by atomic mass is 10.0. The van der Waals surface area contributed by atoms with Crippen molar-refractivity contribution in [3.8, 4) is 5.69 Å². The maximum Gasteiger partial charge on any atom is 0.261 e. The van der Waals surface area contributed by atoms with Gasteiger partial charge in [0.1, 0.15) is 5.52 Å². The van der Waals surface area contributed by atoms with E-state index < -0.39 is 0 Å². The highest BCUT2D eigenvalue weighted by Crippen LogP contribution is 2.32. The smallest absolute Gasteiger partial charge is 0.261 e. The van der Waals surface area contributed by atoms with Gasteiger partial charge in [-0.1, -0.05) is 17.3 Å². The van der Waals surface area contributed by atoms with Crippen molar-refractivity contribution in [2.24, 2.45) is 0 Å². The number of fused-ring (bicyclic) bond motifs is 2. The molecule has 0 N–H and O–H groups in total. The van der Waals surface area contributed by atoms with Crippen molar-refractivity contribution in [1.82, 2.24) is 29.4 Å². The van der Waals surface area contributed by atoms with E-state index in [0.717, 1.165) is 48.7 Å². The lowest BCUT2D eigenvalue weighted by molar-refractivity contribution is 0.176. The maximum atomic E-state index is 13.1. The predicted octanol–water partition coefficient (Wildman–Crippen LogP) is 2.93. The maximum absolute atomic E-state index is 13.1. The summed E-state index contributed by atoms with van der Waals surface area (Å²) in [6, 6.07) is 14.6. The van der Waals surface area contributed by atoms with Gasteiger partial charge in [-0.15, -0.1) is 5.10 Å². The topological polar surface area (TPSA) is 68.8 Å². The number of likely N-dealkylation sites (tertiary alicyclic amines) is 1. The second kappa shape index (κ2) is 6.49. The van der Waals surface area contributed by atoms with Crippen molar-refractivity contribution in [2.45, 2.75) is 37.8 Å². The Bertz CT molecular complexity index is 1260. The van der Waals surface area contributed by atoms with Crippen LogP contribution in [0.4, 0.5) is 0 Å². The zero-order valence-electron chi connectivity index (χ0n) is 16.1. The first-order valence-electron chi connectivity index (χ1n) is 10.3. The highest BCUT2D eigenvalue weighted by atomic mass is 16.1. The third kappa shape index (κ3) is 2.84. The fourth-order valence-corrected chi connectivity index (χ4v) is 4.54. The van der Waals surface area contributed by atoms with Gasteiger partial charge in [0, 0.05) is 25.2 Å². The van der Waals surface area contributed by atoms with Crippen LogP contribution in [0.15, 0.2) is 53.6 Å². The first-order chi connectivity index (χ1) is 14.3. The summed E-state index contributed by atoms with van der Waals surface area (Å²) >= 11 is 0. The molecule has 1 aliphatic heterocycles. The number of piperidine rings is 1. The second-order valence-corrected chi connectivity index (χ2v) is 8.15. The van der Waals surface area contributed by atoms with Gasteiger partial charge in [0.2, 0.25) is 0 Å². The summed E-state index contributed by atoms with van der Waals surface area (Å²) in [6.45, 7) is 2.16. The van der Waals surface area contributed by atoms with Crippen molar-refractivity contribution < 1.29 is 0 Å². The van der Waals surface area contributed by atoms with Crippen LogP contribution in [0.25, 0.3) is 27.6 Å². The Labute approximate surface area is 167 Å². The van der Waals surface area contributed by atoms with Gasteiger partial charge in [-0.3, -0.25) is 9.36 Å². The van der Waals surface area contributed by atoms with Crippen LogP contribution in [0.1, 0.15) is 31.7 Å². The third-order valence-corrected chi connectivity index (χ3v) is 6.32. The summed E-state index contributed by atoms with van der Waals surface area (Å²) < 4.78 is 3.63. The Kier molecular flexibility index (Phi) is 3.77. The minimum Gasteiger partial charge on any atom is -0.300 e. The standard InChI is InChI=1S/C22H22N6O/c29-22-18-8-7-17(28-21-4-2-1-3-19(21)24-25-28)13-20(18)23-14-27(22)16-9-11-26(12-10-16)15-5-6-15/h1-4,7-8,13-16H,5-6,9-12H2. The zero-order valence-corrected chi connectivity index (χ0v) is 16.1. The molecule has 0 radical (unpaired) electrons. The molecule has 3 heterocycles. The quantitative estimate of drug-likeness (QED) is 0.542. The van der Waals surface area contributed by atoms with Gasteiger partial charge in [-0.2, -0.15) is 0 Å². The highest BCUT2D eigenvalue weighted by molar-refractivity contribution is 5.81. The lowest BCUT2D eigenvalue weighted by Gasteiger charge is -2.32. The van der Waals surface area contributed by atoms with Crippen molar-refractivity contribution in [2.75, 3.05) is 13.1 Å². The van der Waals surface area contributed by atoms with Gasteiger partial charge in [-0.25, -0.2) is 9.67 Å². The Morgan fingerprint density at radius 3 is 2.55 bits per heavy atom. The Hall–Kier alpha value is -3.06. The van der Waals surface area contributed by atoms with Gasteiger partial charge >= 0.3 is 0 Å². The summed E-state index contributed by atoms with van der Waals surface area (Å²) in [5.41, 5.74) is 3.37. The molecular weight excluding hydrogens is 364 g/mol. The molecule has 7 heteroatoms. The van der Waals surface area contributed by atoms with E-state index in [2.05, 4.69) is 20.2 Å². The van der Waals surface area contributed by atoms with E-state index in [-0.39, 0.29) is 11.6 Å². The van der Waals surface area contributed by atoms with E-state index in [1.807, 2.05) is 47.0 Å². The molecule has 4 aromatic rings. The largest absolute Gasteiger partial charge is 0.300 e. The van der Waals surface area contributed by atoms with Crippen LogP contribution >= 0.6 is 0 Å². The first-order valence-corrected chi connectivity index (χ1v) is 10.3. The van der Waals surface area contributed by atoms with Gasteiger partial charge < -0.3 is 4.90 Å². The molecule has 2 fully saturated rings. The average Bonchev–Trinajstić information content (AvgIpc) is 3.53. The molecule has 2 aliphatic rings. The van der Waals surface area contributed by atoms with Crippen molar-refractivity contribution >= 4 is 21.9 Å². The van der Waals surface area contributed by atoms with Crippen LogP contribution in [0.3, 0.4) is 0 Å². The Morgan fingerprint density at radius 1 is 0.897 bits per heavy atom. The van der Waals surface area contributed by atoms with Crippen LogP contribution in [-0.2, 0) is 0 Å². The van der Waals surface area contributed by atoms with Crippen LogP contribution in [0, 0.1) is 0 Å². The minimum absolute atomic E-state index is 0.0508. The monoisotopic (exact) mass is 386 g/mol. The molecule has 29 heavy (non-hydrogen) atoms. The number of aromatic nitrogens is 5. The zero-order chi connectivity index (χ0) is 19.4. The summed E-state index contributed by atoms with van der Waals surface area (Å²) in [6.07, 6.45) is 6.45. The number of hydrogen-bond donors (Lipinski definition) is 0. The summed E-state index contributed by atoms with van der Waals surface area (Å²) in [5.74, 6) is 0. The molecular formula is C22H22N6O. The summed E-state index contributed by atoms with van der Waals surface area (Å²) in [5, 5.41) is 9.13. The Morgan fingerprint density at radius 2 is 1.72 bits per heavy atom. The van der Waals surface area contributed by atoms with Crippen molar-refractivity contribution in [3.05, 3.63) is 59.1 Å². The molecule has 0 unspecified atom stereocenters. The normalized spacial score (nSPS) is 18.6. The second-order valence-electron chi connectivity index (χ2n) is 8.15. The van der Waals surface area contributed by atoms with E-state index in [9.17, 15) is 4.79 Å². The molecule has 1 saturated carbocycles. The molecule has 7 nitrogen and oxygen atoms in total. The summed E-state index contributed by atoms with van der Waals surface area (Å²) in [7, 11) is 0. The SMILES string of the molecule is O=c1c2ccc(-n3nnc4ccccc43)cc2ncn1C1CCN(C2CC2)CC1. The van der Waals surface area contributed by atoms with Gasteiger partial charge in [0.25, 0.3) is 5.56 Å². The minimum atomic E-state index is 0.0508. The molecule has 1 aliphatic carbocycles. The molecule has 1 saturated heterocycles. The third-order valence-electron chi connectivity index (χ3n) is 6.32. The predicted molar refractivity (Wildman–Crippen MR) is 111 cm³/mol. The van der Waals surface area contributed by atoms with E-state index in [4.69, 9.17) is 0 Å². The number of para-hydroxylation sites is 1. The lowest BCUT2D eigenvalue weighted by Crippen LogP contribution is -2.38. The first kappa shape index (κ1) is 16.9. The molecule has 0 bridgehead atoms. The van der Waals surface area contributed by atoms with Crippen LogP contribution in [0.5, 0.6) is 0 Å². The van der Waals surface area contributed by atoms with Crippen molar-refractivity contribution in [1.29, 1.82) is 0 Å². The fourth-order valence-electron chi connectivity index (χ4n) is 4.54. The summed E-state index contributed by atoms with van der Waals surface area (Å²) in [4.78, 5) is 20.3. The molecule has 2 aromatic carbocycles. The van der Waals surface area contributed by atoms with E-state index in [0.29, 0.717) is 10.9 Å². The molecule has 2 aromatic heterocycles. The molecule has 0 amide bonds. The molecule has 0 atom stereocenters.